The van der Waals surface area contributed by atoms with Crippen LogP contribution in [0.4, 0.5) is 0 Å². The van der Waals surface area contributed by atoms with Gasteiger partial charge in [0.25, 0.3) is 5.91 Å². The Kier molecular flexibility index (Phi) is 5.63. The smallest absolute Gasteiger partial charge is 0.251 e. The number of carbonyl (C=O) groups is 1. The Balaban J connectivity index is 1.61. The fourth-order valence-electron chi connectivity index (χ4n) is 2.18. The average molecular weight is 374 g/mol. The molecule has 0 saturated heterocycles. The zero-order valence-corrected chi connectivity index (χ0v) is 15.1. The number of ether oxygens (including phenoxy) is 1. The first-order valence-electron chi connectivity index (χ1n) is 7.66. The zero-order chi connectivity index (χ0) is 17.6. The van der Waals surface area contributed by atoms with E-state index in [2.05, 4.69) is 14.1 Å². The maximum atomic E-state index is 12.3. The Labute approximate surface area is 154 Å². The Morgan fingerprint density at radius 1 is 1.20 bits per heavy atom. The summed E-state index contributed by atoms with van der Waals surface area (Å²) in [6, 6.07) is 14.5. The predicted molar refractivity (Wildman–Crippen MR) is 98.0 cm³/mol. The molecule has 0 aliphatic carbocycles. The Morgan fingerprint density at radius 2 is 2.04 bits per heavy atom. The predicted octanol–water partition coefficient (Wildman–Crippen LogP) is 4.01. The number of benzene rings is 2. The van der Waals surface area contributed by atoms with Gasteiger partial charge < -0.3 is 10.1 Å². The van der Waals surface area contributed by atoms with Crippen LogP contribution in [0.3, 0.4) is 0 Å². The number of amides is 1. The molecule has 3 aromatic rings. The van der Waals surface area contributed by atoms with Gasteiger partial charge in [0.1, 0.15) is 18.1 Å². The third-order valence-electron chi connectivity index (χ3n) is 3.62. The molecule has 128 valence electrons. The van der Waals surface area contributed by atoms with E-state index in [9.17, 15) is 4.79 Å². The molecule has 2 aromatic carbocycles. The molecule has 1 N–H and O–H groups in total. The molecule has 0 unspecified atom stereocenters. The van der Waals surface area contributed by atoms with E-state index < -0.39 is 0 Å². The van der Waals surface area contributed by atoms with Gasteiger partial charge in [-0.1, -0.05) is 35.9 Å². The number of aromatic nitrogens is 2. The first kappa shape index (κ1) is 17.4. The van der Waals surface area contributed by atoms with Crippen LogP contribution in [0.5, 0.6) is 5.75 Å². The molecule has 25 heavy (non-hydrogen) atoms. The van der Waals surface area contributed by atoms with E-state index >= 15 is 0 Å². The molecule has 1 aromatic heterocycles. The molecule has 5 nitrogen and oxygen atoms in total. The lowest BCUT2D eigenvalue weighted by Crippen LogP contribution is -2.22. The summed E-state index contributed by atoms with van der Waals surface area (Å²) in [6.07, 6.45) is 0. The largest absolute Gasteiger partial charge is 0.487 e. The van der Waals surface area contributed by atoms with Crippen molar-refractivity contribution in [3.8, 4) is 5.75 Å². The van der Waals surface area contributed by atoms with Gasteiger partial charge in [-0.3, -0.25) is 4.79 Å². The zero-order valence-electron chi connectivity index (χ0n) is 13.5. The second-order valence-electron chi connectivity index (χ2n) is 5.39. The minimum absolute atomic E-state index is 0.183. The number of hydrogen-bond donors (Lipinski definition) is 1. The van der Waals surface area contributed by atoms with Crippen molar-refractivity contribution in [3.05, 3.63) is 76.1 Å². The first-order valence-corrected chi connectivity index (χ1v) is 8.77. The Morgan fingerprint density at radius 3 is 2.80 bits per heavy atom. The SMILES string of the molecule is Cc1nsnc1COc1cccc(C(=O)NCc2ccccc2Cl)c1. The molecule has 0 saturated carbocycles. The third-order valence-corrected chi connectivity index (χ3v) is 4.64. The van der Waals surface area contributed by atoms with Crippen LogP contribution in [0.25, 0.3) is 0 Å². The average Bonchev–Trinajstić information content (AvgIpc) is 3.04. The molecule has 0 radical (unpaired) electrons. The van der Waals surface area contributed by atoms with Crippen LogP contribution in [-0.2, 0) is 13.2 Å². The van der Waals surface area contributed by atoms with E-state index in [1.807, 2.05) is 25.1 Å². The molecule has 1 amide bonds. The normalized spacial score (nSPS) is 10.5. The molecule has 0 bridgehead atoms. The van der Waals surface area contributed by atoms with Crippen LogP contribution in [0.1, 0.15) is 27.3 Å². The molecule has 0 atom stereocenters. The van der Waals surface area contributed by atoms with Crippen LogP contribution >= 0.6 is 23.3 Å². The summed E-state index contributed by atoms with van der Waals surface area (Å²) in [4.78, 5) is 12.3. The number of nitrogens with zero attached hydrogens (tertiary/aromatic N) is 2. The van der Waals surface area contributed by atoms with Crippen LogP contribution in [-0.4, -0.2) is 14.7 Å². The molecule has 0 spiro atoms. The van der Waals surface area contributed by atoms with Gasteiger partial charge in [-0.25, -0.2) is 0 Å². The monoisotopic (exact) mass is 373 g/mol. The van der Waals surface area contributed by atoms with Gasteiger partial charge in [-0.2, -0.15) is 8.75 Å². The standard InChI is InChI=1S/C18H16ClN3O2S/c1-12-17(22-25-21-12)11-24-15-7-4-6-13(9-15)18(23)20-10-14-5-2-3-8-16(14)19/h2-9H,10-11H2,1H3,(H,20,23). The van der Waals surface area contributed by atoms with Gasteiger partial charge >= 0.3 is 0 Å². The number of aryl methyl sites for hydroxylation is 1. The van der Waals surface area contributed by atoms with E-state index in [-0.39, 0.29) is 5.91 Å². The highest BCUT2D eigenvalue weighted by Crippen LogP contribution is 2.17. The van der Waals surface area contributed by atoms with Crippen molar-refractivity contribution in [1.82, 2.24) is 14.1 Å². The number of nitrogens with one attached hydrogen (secondary N) is 1. The van der Waals surface area contributed by atoms with Crippen LogP contribution < -0.4 is 10.1 Å². The van der Waals surface area contributed by atoms with E-state index in [1.165, 1.54) is 0 Å². The minimum atomic E-state index is -0.183. The fourth-order valence-corrected chi connectivity index (χ4v) is 2.93. The molecule has 0 aliphatic heterocycles. The lowest BCUT2D eigenvalue weighted by molar-refractivity contribution is 0.0950. The van der Waals surface area contributed by atoms with Crippen LogP contribution in [0, 0.1) is 6.92 Å². The molecule has 1 heterocycles. The molecule has 0 fully saturated rings. The summed E-state index contributed by atoms with van der Waals surface area (Å²) in [6.45, 7) is 2.58. The van der Waals surface area contributed by atoms with Crippen LogP contribution in [0.15, 0.2) is 48.5 Å². The van der Waals surface area contributed by atoms with E-state index in [1.54, 1.807) is 30.3 Å². The van der Waals surface area contributed by atoms with Crippen molar-refractivity contribution < 1.29 is 9.53 Å². The second-order valence-corrected chi connectivity index (χ2v) is 6.32. The Bertz CT molecular complexity index is 882. The number of hydrogen-bond acceptors (Lipinski definition) is 5. The van der Waals surface area contributed by atoms with Gasteiger partial charge in [0.05, 0.1) is 17.4 Å². The van der Waals surface area contributed by atoms with Gasteiger partial charge in [0.2, 0.25) is 0 Å². The second kappa shape index (κ2) is 8.09. The number of halogens is 1. The van der Waals surface area contributed by atoms with E-state index in [0.717, 1.165) is 28.7 Å². The van der Waals surface area contributed by atoms with E-state index in [0.29, 0.717) is 29.5 Å². The third kappa shape index (κ3) is 4.55. The van der Waals surface area contributed by atoms with Gasteiger partial charge in [0.15, 0.2) is 0 Å². The van der Waals surface area contributed by atoms with Crippen molar-refractivity contribution >= 4 is 29.2 Å². The lowest BCUT2D eigenvalue weighted by Gasteiger charge is -2.09. The van der Waals surface area contributed by atoms with Crippen molar-refractivity contribution in [1.29, 1.82) is 0 Å². The highest BCUT2D eigenvalue weighted by molar-refractivity contribution is 6.99. The topological polar surface area (TPSA) is 64.1 Å². The van der Waals surface area contributed by atoms with Gasteiger partial charge in [-0.15, -0.1) is 0 Å². The maximum Gasteiger partial charge on any atom is 0.251 e. The minimum Gasteiger partial charge on any atom is -0.487 e. The lowest BCUT2D eigenvalue weighted by atomic mass is 10.2. The number of rotatable bonds is 6. The highest BCUT2D eigenvalue weighted by atomic mass is 35.5. The van der Waals surface area contributed by atoms with Crippen LogP contribution in [0.2, 0.25) is 5.02 Å². The summed E-state index contributed by atoms with van der Waals surface area (Å²) in [7, 11) is 0. The van der Waals surface area contributed by atoms with Gasteiger partial charge in [0, 0.05) is 17.1 Å². The first-order chi connectivity index (χ1) is 12.1. The molecule has 3 rings (SSSR count). The summed E-state index contributed by atoms with van der Waals surface area (Å²) in [5.41, 5.74) is 3.06. The summed E-state index contributed by atoms with van der Waals surface area (Å²) in [5.74, 6) is 0.426. The van der Waals surface area contributed by atoms with Crippen molar-refractivity contribution in [2.45, 2.75) is 20.1 Å². The van der Waals surface area contributed by atoms with Crippen molar-refractivity contribution in [2.24, 2.45) is 0 Å². The maximum absolute atomic E-state index is 12.3. The molecular formula is C18H16ClN3O2S. The summed E-state index contributed by atoms with van der Waals surface area (Å²) in [5, 5.41) is 3.49. The summed E-state index contributed by atoms with van der Waals surface area (Å²) >= 11 is 7.26. The summed E-state index contributed by atoms with van der Waals surface area (Å²) < 4.78 is 14.0. The number of carbonyl (C=O) groups excluding carboxylic acids is 1. The Hall–Kier alpha value is -2.44. The molecule has 0 aliphatic rings. The van der Waals surface area contributed by atoms with Gasteiger partial charge in [-0.05, 0) is 36.8 Å². The highest BCUT2D eigenvalue weighted by Gasteiger charge is 2.09. The van der Waals surface area contributed by atoms with Crippen molar-refractivity contribution in [3.63, 3.8) is 0 Å². The quantitative estimate of drug-likeness (QED) is 0.709. The molecule has 7 heteroatoms. The van der Waals surface area contributed by atoms with E-state index in [4.69, 9.17) is 16.3 Å². The fraction of sp³-hybridized carbons (Fsp3) is 0.167. The molecular weight excluding hydrogens is 358 g/mol. The van der Waals surface area contributed by atoms with Crippen molar-refractivity contribution in [2.75, 3.05) is 0 Å².